The van der Waals surface area contributed by atoms with E-state index in [0.29, 0.717) is 11.5 Å². The average molecular weight is 425 g/mol. The highest BCUT2D eigenvalue weighted by Crippen LogP contribution is 2.55. The fraction of sp³-hybridized carbons (Fsp3) is 0.455. The first-order chi connectivity index (χ1) is 15.3. The Balaban J connectivity index is 1.36. The Labute approximate surface area is 179 Å². The zero-order valence-corrected chi connectivity index (χ0v) is 17.4. The van der Waals surface area contributed by atoms with Crippen LogP contribution in [0.5, 0.6) is 34.5 Å². The molecule has 2 atom stereocenters. The van der Waals surface area contributed by atoms with Crippen molar-refractivity contribution in [3.8, 4) is 34.5 Å². The van der Waals surface area contributed by atoms with Crippen LogP contribution in [0.3, 0.4) is 0 Å². The lowest BCUT2D eigenvalue weighted by molar-refractivity contribution is -0.0374. The summed E-state index contributed by atoms with van der Waals surface area (Å²) in [6.45, 7) is 2.27. The molecule has 2 aromatic rings. The van der Waals surface area contributed by atoms with E-state index in [1.807, 2.05) is 0 Å². The molecule has 0 spiro atoms. The van der Waals surface area contributed by atoms with Crippen LogP contribution in [0, 0.1) is 0 Å². The van der Waals surface area contributed by atoms with Crippen LogP contribution in [0.25, 0.3) is 0 Å². The van der Waals surface area contributed by atoms with Crippen molar-refractivity contribution in [2.75, 3.05) is 40.9 Å². The second-order valence-electron chi connectivity index (χ2n) is 8.23. The van der Waals surface area contributed by atoms with Crippen LogP contribution in [0.1, 0.15) is 34.6 Å². The maximum absolute atomic E-state index is 5.84. The van der Waals surface area contributed by atoms with Gasteiger partial charge in [-0.3, -0.25) is 5.32 Å². The van der Waals surface area contributed by atoms with Crippen molar-refractivity contribution in [2.45, 2.75) is 25.2 Å². The normalized spacial score (nSPS) is 25.0. The van der Waals surface area contributed by atoms with Crippen molar-refractivity contribution in [3.63, 3.8) is 0 Å². The van der Waals surface area contributed by atoms with E-state index in [4.69, 9.17) is 28.4 Å². The number of hydrogen-bond donors (Lipinski definition) is 1. The molecule has 0 aliphatic carbocycles. The highest BCUT2D eigenvalue weighted by atomic mass is 16.7. The van der Waals surface area contributed by atoms with E-state index in [-0.39, 0.29) is 25.9 Å². The number of nitrogens with one attached hydrogen (secondary N) is 1. The molecule has 1 saturated heterocycles. The number of methoxy groups -OCH3 is 2. The molecule has 5 heterocycles. The van der Waals surface area contributed by atoms with E-state index in [1.165, 1.54) is 11.1 Å². The minimum absolute atomic E-state index is 0.0284. The molecule has 0 bridgehead atoms. The third kappa shape index (κ3) is 2.25. The van der Waals surface area contributed by atoms with Gasteiger partial charge < -0.3 is 28.4 Å². The zero-order valence-electron chi connectivity index (χ0n) is 17.4. The van der Waals surface area contributed by atoms with Crippen molar-refractivity contribution in [3.05, 3.63) is 34.4 Å². The SMILES string of the molecule is COc1c2c(cc3c1[C@@H]1N[C@H]4c5c(cc6c(c5OC)OCO6)CCN4N1CC3)OCO2. The second-order valence-corrected chi connectivity index (χ2v) is 8.23. The number of ether oxygens (including phenoxy) is 6. The van der Waals surface area contributed by atoms with Crippen LogP contribution in [0.15, 0.2) is 12.1 Å². The number of hydrazine groups is 1. The van der Waals surface area contributed by atoms with E-state index in [2.05, 4.69) is 27.5 Å². The highest BCUT2D eigenvalue weighted by Gasteiger charge is 2.49. The molecule has 5 aliphatic heterocycles. The van der Waals surface area contributed by atoms with Crippen molar-refractivity contribution < 1.29 is 28.4 Å². The van der Waals surface area contributed by atoms with Crippen molar-refractivity contribution in [2.24, 2.45) is 0 Å². The summed E-state index contributed by atoms with van der Waals surface area (Å²) in [5, 5.41) is 8.65. The van der Waals surface area contributed by atoms with Gasteiger partial charge in [-0.1, -0.05) is 0 Å². The topological polar surface area (TPSA) is 73.9 Å². The molecule has 1 N–H and O–H groups in total. The van der Waals surface area contributed by atoms with Gasteiger partial charge in [0, 0.05) is 24.2 Å². The highest BCUT2D eigenvalue weighted by molar-refractivity contribution is 5.64. The monoisotopic (exact) mass is 425 g/mol. The van der Waals surface area contributed by atoms with Gasteiger partial charge >= 0.3 is 0 Å². The molecule has 0 amide bonds. The van der Waals surface area contributed by atoms with Gasteiger partial charge in [-0.15, -0.1) is 0 Å². The summed E-state index contributed by atoms with van der Waals surface area (Å²) < 4.78 is 34.4. The van der Waals surface area contributed by atoms with E-state index < -0.39 is 0 Å². The lowest BCUT2D eigenvalue weighted by Crippen LogP contribution is -2.45. The van der Waals surface area contributed by atoms with E-state index in [9.17, 15) is 0 Å². The summed E-state index contributed by atoms with van der Waals surface area (Å²) in [5.74, 6) is 4.42. The number of hydrogen-bond acceptors (Lipinski definition) is 9. The number of benzene rings is 2. The number of nitrogens with zero attached hydrogens (tertiary/aromatic N) is 2. The Morgan fingerprint density at radius 2 is 1.26 bits per heavy atom. The molecule has 162 valence electrons. The quantitative estimate of drug-likeness (QED) is 0.779. The molecule has 9 nitrogen and oxygen atoms in total. The van der Waals surface area contributed by atoms with Crippen LogP contribution in [0.4, 0.5) is 0 Å². The van der Waals surface area contributed by atoms with Gasteiger partial charge in [0.05, 0.1) is 14.2 Å². The van der Waals surface area contributed by atoms with E-state index >= 15 is 0 Å². The van der Waals surface area contributed by atoms with Crippen LogP contribution < -0.4 is 33.7 Å². The Hall–Kier alpha value is -2.88. The van der Waals surface area contributed by atoms with Gasteiger partial charge in [0.25, 0.3) is 0 Å². The smallest absolute Gasteiger partial charge is 0.231 e. The van der Waals surface area contributed by atoms with E-state index in [1.54, 1.807) is 14.2 Å². The van der Waals surface area contributed by atoms with Crippen LogP contribution in [-0.4, -0.2) is 50.9 Å². The molecule has 0 saturated carbocycles. The summed E-state index contributed by atoms with van der Waals surface area (Å²) in [5.41, 5.74) is 4.70. The lowest BCUT2D eigenvalue weighted by Gasteiger charge is -2.39. The minimum atomic E-state index is -0.0284. The molecule has 5 aliphatic rings. The second kappa shape index (κ2) is 6.32. The molecule has 7 rings (SSSR count). The Morgan fingerprint density at radius 1 is 0.774 bits per heavy atom. The molecule has 1 fully saturated rings. The lowest BCUT2D eigenvalue weighted by atomic mass is 9.95. The standard InChI is InChI=1S/C22H23N3O6/c1-26-19-15-11(7-13-17(19)30-9-28-13)3-5-24-21(15)23-22-16-12(4-6-25(22)24)8-14-18(20(16)27-2)31-10-29-14/h7-8,21-23H,3-6,9-10H2,1-2H3/t21-,22-/m1/s1. The van der Waals surface area contributed by atoms with Gasteiger partial charge in [0.1, 0.15) is 12.3 Å². The molecular weight excluding hydrogens is 402 g/mol. The first kappa shape index (κ1) is 17.8. The van der Waals surface area contributed by atoms with Gasteiger partial charge in [0.15, 0.2) is 23.0 Å². The summed E-state index contributed by atoms with van der Waals surface area (Å²) in [4.78, 5) is 0. The zero-order chi connectivity index (χ0) is 20.7. The average Bonchev–Trinajstić information content (AvgIpc) is 3.52. The molecule has 0 radical (unpaired) electrons. The molecule has 0 aromatic heterocycles. The fourth-order valence-corrected chi connectivity index (χ4v) is 5.64. The maximum Gasteiger partial charge on any atom is 0.231 e. The molecule has 31 heavy (non-hydrogen) atoms. The molecule has 0 unspecified atom stereocenters. The first-order valence-corrected chi connectivity index (χ1v) is 10.6. The Kier molecular flexibility index (Phi) is 3.62. The minimum Gasteiger partial charge on any atom is -0.492 e. The predicted molar refractivity (Wildman–Crippen MR) is 108 cm³/mol. The summed E-state index contributed by atoms with van der Waals surface area (Å²) >= 11 is 0. The number of fused-ring (bicyclic) bond motifs is 9. The van der Waals surface area contributed by atoms with Gasteiger partial charge in [-0.05, 0) is 36.1 Å². The van der Waals surface area contributed by atoms with Gasteiger partial charge in [-0.2, -0.15) is 0 Å². The van der Waals surface area contributed by atoms with Crippen molar-refractivity contribution in [1.82, 2.24) is 15.3 Å². The van der Waals surface area contributed by atoms with Crippen LogP contribution >= 0.6 is 0 Å². The third-order valence-electron chi connectivity index (χ3n) is 6.90. The van der Waals surface area contributed by atoms with Gasteiger partial charge in [-0.25, -0.2) is 10.0 Å². The summed E-state index contributed by atoms with van der Waals surface area (Å²) in [7, 11) is 3.38. The van der Waals surface area contributed by atoms with E-state index in [0.717, 1.165) is 60.1 Å². The fourth-order valence-electron chi connectivity index (χ4n) is 5.64. The predicted octanol–water partition coefficient (Wildman–Crippen LogP) is 2.09. The van der Waals surface area contributed by atoms with Crippen LogP contribution in [-0.2, 0) is 12.8 Å². The Morgan fingerprint density at radius 3 is 1.71 bits per heavy atom. The summed E-state index contributed by atoms with van der Waals surface area (Å²) in [6.07, 6.45) is 1.77. The molecule has 9 heteroatoms. The third-order valence-corrected chi connectivity index (χ3v) is 6.90. The maximum atomic E-state index is 5.84. The van der Waals surface area contributed by atoms with Crippen molar-refractivity contribution in [1.29, 1.82) is 0 Å². The van der Waals surface area contributed by atoms with Gasteiger partial charge in [0.2, 0.25) is 25.1 Å². The molecule has 2 aromatic carbocycles. The number of rotatable bonds is 2. The Bertz CT molecular complexity index is 1020. The van der Waals surface area contributed by atoms with Crippen molar-refractivity contribution >= 4 is 0 Å². The summed E-state index contributed by atoms with van der Waals surface area (Å²) in [6, 6.07) is 4.20. The van der Waals surface area contributed by atoms with Crippen LogP contribution in [0.2, 0.25) is 0 Å². The largest absolute Gasteiger partial charge is 0.492 e. The first-order valence-electron chi connectivity index (χ1n) is 10.6. The molecular formula is C22H23N3O6.